The smallest absolute Gasteiger partial charge is 0.337 e. The molecule has 0 saturated carbocycles. The Kier molecular flexibility index (Phi) is 2.74. The molecule has 0 radical (unpaired) electrons. The molecule has 0 aliphatic carbocycles. The molecule has 0 aromatic carbocycles. The van der Waals surface area contributed by atoms with Gasteiger partial charge in [0.1, 0.15) is 0 Å². The van der Waals surface area contributed by atoms with Crippen LogP contribution < -0.4 is 0 Å². The van der Waals surface area contributed by atoms with Gasteiger partial charge >= 0.3 is 5.97 Å². The lowest BCUT2D eigenvalue weighted by Crippen LogP contribution is -2.05. The number of hydrogen-bond donors (Lipinski definition) is 2. The van der Waals surface area contributed by atoms with Gasteiger partial charge < -0.3 is 10.1 Å². The largest absolute Gasteiger partial charge is 0.478 e. The van der Waals surface area contributed by atoms with Crippen LogP contribution in [0.3, 0.4) is 0 Å². The van der Waals surface area contributed by atoms with Crippen LogP contribution in [0.1, 0.15) is 53.1 Å². The highest BCUT2D eigenvalue weighted by Gasteiger charge is 2.20. The number of Topliss-reactive ketones (excluding diaryl/α,β-unsaturated/α-hetero) is 1. The Morgan fingerprint density at radius 1 is 1.43 bits per heavy atom. The van der Waals surface area contributed by atoms with Crippen molar-refractivity contribution in [3.8, 4) is 0 Å². The molecule has 0 amide bonds. The lowest BCUT2D eigenvalue weighted by atomic mass is 9.97. The van der Waals surface area contributed by atoms with Crippen LogP contribution in [-0.2, 0) is 0 Å². The Hall–Kier alpha value is -1.58. The number of carbonyl (C=O) groups excluding carboxylic acids is 1. The highest BCUT2D eigenvalue weighted by molar-refractivity contribution is 5.99. The maximum atomic E-state index is 11.2. The predicted octanol–water partition coefficient (Wildman–Crippen LogP) is 2.04. The summed E-state index contributed by atoms with van der Waals surface area (Å²) in [4.78, 5) is 24.7. The number of rotatable bonds is 3. The number of aromatic amines is 1. The standard InChI is InChI=1S/C10H13NO3/c1-5(2)8-7(10(13)14)4-11-9(8)6(3)12/h4-5,11H,1-3H3,(H,13,14). The minimum absolute atomic E-state index is 0.0197. The fraction of sp³-hybridized carbons (Fsp3) is 0.400. The van der Waals surface area contributed by atoms with Crippen LogP contribution in [0.2, 0.25) is 0 Å². The molecule has 0 aliphatic heterocycles. The van der Waals surface area contributed by atoms with Crippen LogP contribution in [0.5, 0.6) is 0 Å². The van der Waals surface area contributed by atoms with Gasteiger partial charge in [0.2, 0.25) is 0 Å². The molecule has 0 spiro atoms. The van der Waals surface area contributed by atoms with Crippen molar-refractivity contribution < 1.29 is 14.7 Å². The topological polar surface area (TPSA) is 70.2 Å². The highest BCUT2D eigenvalue weighted by Crippen LogP contribution is 2.23. The minimum atomic E-state index is -1.00. The van der Waals surface area contributed by atoms with Crippen LogP contribution in [-0.4, -0.2) is 21.8 Å². The maximum absolute atomic E-state index is 11.2. The van der Waals surface area contributed by atoms with E-state index in [1.807, 2.05) is 13.8 Å². The van der Waals surface area contributed by atoms with E-state index in [2.05, 4.69) is 4.98 Å². The monoisotopic (exact) mass is 195 g/mol. The second kappa shape index (κ2) is 3.65. The van der Waals surface area contributed by atoms with E-state index in [1.165, 1.54) is 13.1 Å². The van der Waals surface area contributed by atoms with E-state index in [4.69, 9.17) is 5.11 Å². The first-order chi connectivity index (χ1) is 6.45. The van der Waals surface area contributed by atoms with E-state index < -0.39 is 5.97 Å². The van der Waals surface area contributed by atoms with Gasteiger partial charge in [-0.25, -0.2) is 4.79 Å². The van der Waals surface area contributed by atoms with E-state index in [0.29, 0.717) is 11.3 Å². The van der Waals surface area contributed by atoms with Crippen molar-refractivity contribution in [3.05, 3.63) is 23.0 Å². The molecule has 1 aromatic heterocycles. The lowest BCUT2D eigenvalue weighted by molar-refractivity contribution is 0.0695. The number of ketones is 1. The van der Waals surface area contributed by atoms with Crippen molar-refractivity contribution in [3.63, 3.8) is 0 Å². The zero-order chi connectivity index (χ0) is 10.9. The van der Waals surface area contributed by atoms with E-state index in [9.17, 15) is 9.59 Å². The summed E-state index contributed by atoms with van der Waals surface area (Å²) in [6.07, 6.45) is 1.37. The summed E-state index contributed by atoms with van der Waals surface area (Å²) in [5.41, 5.74) is 1.17. The molecule has 2 N–H and O–H groups in total. The third-order valence-electron chi connectivity index (χ3n) is 2.08. The van der Waals surface area contributed by atoms with E-state index in [0.717, 1.165) is 0 Å². The minimum Gasteiger partial charge on any atom is -0.478 e. The maximum Gasteiger partial charge on any atom is 0.337 e. The molecule has 4 heteroatoms. The van der Waals surface area contributed by atoms with Gasteiger partial charge in [-0.3, -0.25) is 4.79 Å². The number of carboxylic acids is 1. The molecule has 1 heterocycles. The summed E-state index contributed by atoms with van der Waals surface area (Å²) in [5, 5.41) is 8.88. The molecule has 14 heavy (non-hydrogen) atoms. The van der Waals surface area contributed by atoms with Gasteiger partial charge in [0.15, 0.2) is 5.78 Å². The fourth-order valence-electron chi connectivity index (χ4n) is 1.50. The molecule has 0 saturated heterocycles. The van der Waals surface area contributed by atoms with Crippen molar-refractivity contribution >= 4 is 11.8 Å². The molecule has 0 aliphatic rings. The fourth-order valence-corrected chi connectivity index (χ4v) is 1.50. The van der Waals surface area contributed by atoms with Gasteiger partial charge in [-0.15, -0.1) is 0 Å². The van der Waals surface area contributed by atoms with Gasteiger partial charge in [-0.05, 0) is 11.5 Å². The first kappa shape index (κ1) is 10.5. The average molecular weight is 195 g/mol. The number of aromatic carboxylic acids is 1. The van der Waals surface area contributed by atoms with Crippen LogP contribution >= 0.6 is 0 Å². The number of nitrogens with one attached hydrogen (secondary N) is 1. The second-order valence-corrected chi connectivity index (χ2v) is 3.51. The summed E-state index contributed by atoms with van der Waals surface area (Å²) >= 11 is 0. The van der Waals surface area contributed by atoms with Crippen molar-refractivity contribution in [2.45, 2.75) is 26.7 Å². The van der Waals surface area contributed by atoms with E-state index in [-0.39, 0.29) is 17.3 Å². The zero-order valence-electron chi connectivity index (χ0n) is 8.42. The molecule has 0 fully saturated rings. The Labute approximate surface area is 81.9 Å². The Balaban J connectivity index is 3.35. The predicted molar refractivity (Wildman–Crippen MR) is 51.8 cm³/mol. The lowest BCUT2D eigenvalue weighted by Gasteiger charge is -2.06. The molecule has 1 rings (SSSR count). The highest BCUT2D eigenvalue weighted by atomic mass is 16.4. The van der Waals surface area contributed by atoms with Crippen LogP contribution in [0.25, 0.3) is 0 Å². The number of hydrogen-bond acceptors (Lipinski definition) is 2. The van der Waals surface area contributed by atoms with Gasteiger partial charge in [0, 0.05) is 13.1 Å². The molecule has 0 unspecified atom stereocenters. The molecule has 1 aromatic rings. The zero-order valence-corrected chi connectivity index (χ0v) is 8.42. The summed E-state index contributed by atoms with van der Waals surface area (Å²) in [6, 6.07) is 0. The molecular formula is C10H13NO3. The van der Waals surface area contributed by atoms with Gasteiger partial charge in [-0.1, -0.05) is 13.8 Å². The van der Waals surface area contributed by atoms with E-state index in [1.54, 1.807) is 0 Å². The molecule has 0 bridgehead atoms. The Morgan fingerprint density at radius 2 is 2.00 bits per heavy atom. The summed E-state index contributed by atoms with van der Waals surface area (Å²) in [7, 11) is 0. The van der Waals surface area contributed by atoms with Crippen LogP contribution in [0, 0.1) is 0 Å². The van der Waals surface area contributed by atoms with Gasteiger partial charge in [0.05, 0.1) is 11.3 Å². The van der Waals surface area contributed by atoms with Crippen molar-refractivity contribution in [2.24, 2.45) is 0 Å². The summed E-state index contributed by atoms with van der Waals surface area (Å²) in [6.45, 7) is 5.15. The number of carbonyl (C=O) groups is 2. The molecule has 76 valence electrons. The first-order valence-corrected chi connectivity index (χ1v) is 4.40. The first-order valence-electron chi connectivity index (χ1n) is 4.40. The third-order valence-corrected chi connectivity index (χ3v) is 2.08. The normalized spacial score (nSPS) is 10.6. The SMILES string of the molecule is CC(=O)c1[nH]cc(C(=O)O)c1C(C)C. The molecular weight excluding hydrogens is 182 g/mol. The summed E-state index contributed by atoms with van der Waals surface area (Å²) in [5.74, 6) is -1.12. The van der Waals surface area contributed by atoms with Crippen molar-refractivity contribution in [1.29, 1.82) is 0 Å². The van der Waals surface area contributed by atoms with Gasteiger partial charge in [0.25, 0.3) is 0 Å². The van der Waals surface area contributed by atoms with Crippen molar-refractivity contribution in [2.75, 3.05) is 0 Å². The van der Waals surface area contributed by atoms with Crippen molar-refractivity contribution in [1.82, 2.24) is 4.98 Å². The van der Waals surface area contributed by atoms with Gasteiger partial charge in [-0.2, -0.15) is 0 Å². The van der Waals surface area contributed by atoms with Crippen LogP contribution in [0.4, 0.5) is 0 Å². The second-order valence-electron chi connectivity index (χ2n) is 3.51. The third kappa shape index (κ3) is 1.69. The number of carboxylic acid groups (broad SMARTS) is 1. The van der Waals surface area contributed by atoms with E-state index >= 15 is 0 Å². The molecule has 0 atom stereocenters. The average Bonchev–Trinajstić information content (AvgIpc) is 2.46. The molecule has 4 nitrogen and oxygen atoms in total. The number of H-pyrrole nitrogens is 1. The quantitative estimate of drug-likeness (QED) is 0.725. The Morgan fingerprint density at radius 3 is 2.36 bits per heavy atom. The van der Waals surface area contributed by atoms with Crippen LogP contribution in [0.15, 0.2) is 6.20 Å². The summed E-state index contributed by atoms with van der Waals surface area (Å²) < 4.78 is 0. The Bertz CT molecular complexity index is 345. The number of aromatic nitrogens is 1.